The van der Waals surface area contributed by atoms with Gasteiger partial charge >= 0.3 is 0 Å². The van der Waals surface area contributed by atoms with Crippen LogP contribution in [0.15, 0.2) is 42.5 Å². The van der Waals surface area contributed by atoms with E-state index >= 15 is 0 Å². The van der Waals surface area contributed by atoms with Crippen molar-refractivity contribution >= 4 is 35.8 Å². The number of anilines is 1. The van der Waals surface area contributed by atoms with Gasteiger partial charge in [-0.3, -0.25) is 24.6 Å². The molecule has 3 amide bonds. The van der Waals surface area contributed by atoms with E-state index in [4.69, 9.17) is 15.2 Å². The lowest BCUT2D eigenvalue weighted by Crippen LogP contribution is -2.52. The van der Waals surface area contributed by atoms with E-state index in [1.165, 1.54) is 0 Å². The zero-order chi connectivity index (χ0) is 30.2. The van der Waals surface area contributed by atoms with E-state index in [-0.39, 0.29) is 42.6 Å². The van der Waals surface area contributed by atoms with Crippen LogP contribution in [0.25, 0.3) is 0 Å². The molecule has 3 N–H and O–H groups in total. The van der Waals surface area contributed by atoms with Crippen molar-refractivity contribution in [3.8, 4) is 5.75 Å². The summed E-state index contributed by atoms with van der Waals surface area (Å²) < 4.78 is 11.8. The van der Waals surface area contributed by atoms with Crippen LogP contribution in [0.5, 0.6) is 5.75 Å². The second-order valence-electron chi connectivity index (χ2n) is 11.8. The van der Waals surface area contributed by atoms with Crippen molar-refractivity contribution in [1.82, 2.24) is 15.1 Å². The first kappa shape index (κ1) is 33.7. The van der Waals surface area contributed by atoms with Crippen molar-refractivity contribution in [2.45, 2.75) is 64.1 Å². The lowest BCUT2D eigenvalue weighted by Gasteiger charge is -2.36. The summed E-state index contributed by atoms with van der Waals surface area (Å²) in [6.07, 6.45) is 5.01. The Bertz CT molecular complexity index is 1280. The van der Waals surface area contributed by atoms with Gasteiger partial charge in [0.05, 0.1) is 13.2 Å². The van der Waals surface area contributed by atoms with Crippen molar-refractivity contribution < 1.29 is 23.9 Å². The highest BCUT2D eigenvalue weighted by atomic mass is 35.5. The number of nitrogens with two attached hydrogens (primary N) is 1. The first-order valence-electron chi connectivity index (χ1n) is 15.7. The molecule has 5 rings (SSSR count). The fourth-order valence-corrected chi connectivity index (χ4v) is 6.02. The quantitative estimate of drug-likeness (QED) is 0.241. The molecule has 44 heavy (non-hydrogen) atoms. The monoisotopic (exact) mass is 627 g/mol. The molecule has 2 aromatic rings. The third-order valence-electron chi connectivity index (χ3n) is 8.63. The Balaban J connectivity index is 0.00000442. The standard InChI is InChI=1S/C33H45N5O5.ClH/c1-24(34)25-7-6-8-28(22-25)43-19-5-3-2-4-18-42-20-17-36-13-15-37(16-14-36)27-9-10-29-26(21-27)23-38(33(29)41)30-11-12-31(39)35-32(30)40;/h6-10,21-22,24,30H,2-5,11-20,23,34H2,1H3,(H,35,39,40);1H/t24-,30?;/m1./s1. The number of carbonyl (C=O) groups excluding carboxylic acids is 3. The van der Waals surface area contributed by atoms with Crippen molar-refractivity contribution in [3.05, 3.63) is 59.2 Å². The number of unbranched alkanes of at least 4 members (excludes halogenated alkanes) is 3. The highest BCUT2D eigenvalue weighted by Crippen LogP contribution is 2.31. The highest BCUT2D eigenvalue weighted by Gasteiger charge is 2.39. The number of nitrogens with zero attached hydrogens (tertiary/aromatic N) is 3. The minimum atomic E-state index is -0.582. The van der Waals surface area contributed by atoms with E-state index in [1.54, 1.807) is 4.90 Å². The van der Waals surface area contributed by atoms with Gasteiger partial charge in [-0.1, -0.05) is 18.6 Å². The molecular formula is C33H46ClN5O5. The molecule has 2 aromatic carbocycles. The van der Waals surface area contributed by atoms with E-state index in [0.717, 1.165) is 101 Å². The lowest BCUT2D eigenvalue weighted by atomic mass is 10.0. The van der Waals surface area contributed by atoms with Crippen molar-refractivity contribution in [2.24, 2.45) is 5.73 Å². The van der Waals surface area contributed by atoms with Gasteiger partial charge in [-0.15, -0.1) is 12.4 Å². The molecule has 2 fully saturated rings. The summed E-state index contributed by atoms with van der Waals surface area (Å²) >= 11 is 0. The number of halogens is 1. The van der Waals surface area contributed by atoms with Gasteiger partial charge in [0.25, 0.3) is 5.91 Å². The van der Waals surface area contributed by atoms with Crippen LogP contribution in [-0.2, 0) is 20.9 Å². The fraction of sp³-hybridized carbons (Fsp3) is 0.545. The zero-order valence-corrected chi connectivity index (χ0v) is 26.5. The summed E-state index contributed by atoms with van der Waals surface area (Å²) in [7, 11) is 0. The molecule has 3 aliphatic rings. The largest absolute Gasteiger partial charge is 0.494 e. The van der Waals surface area contributed by atoms with Gasteiger partial charge in [0.2, 0.25) is 11.8 Å². The molecule has 2 atom stereocenters. The van der Waals surface area contributed by atoms with Crippen LogP contribution in [-0.4, -0.2) is 86.1 Å². The number of hydrogen-bond donors (Lipinski definition) is 2. The number of ether oxygens (including phenoxy) is 2. The zero-order valence-electron chi connectivity index (χ0n) is 25.7. The predicted molar refractivity (Wildman–Crippen MR) is 172 cm³/mol. The predicted octanol–water partition coefficient (Wildman–Crippen LogP) is 3.67. The van der Waals surface area contributed by atoms with Crippen LogP contribution < -0.4 is 20.7 Å². The molecule has 0 aromatic heterocycles. The van der Waals surface area contributed by atoms with Gasteiger partial charge in [-0.05, 0) is 74.1 Å². The molecule has 0 aliphatic carbocycles. The number of rotatable bonds is 14. The maximum absolute atomic E-state index is 13.0. The summed E-state index contributed by atoms with van der Waals surface area (Å²) in [5, 5.41) is 2.36. The normalized spacial score (nSPS) is 19.4. The maximum atomic E-state index is 13.0. The smallest absolute Gasteiger partial charge is 0.255 e. The third kappa shape index (κ3) is 8.72. The summed E-state index contributed by atoms with van der Waals surface area (Å²) in [4.78, 5) is 43.2. The van der Waals surface area contributed by atoms with E-state index in [2.05, 4.69) is 21.2 Å². The van der Waals surface area contributed by atoms with E-state index in [9.17, 15) is 14.4 Å². The number of piperazine rings is 1. The molecule has 3 aliphatic heterocycles. The number of piperidine rings is 1. The highest BCUT2D eigenvalue weighted by molar-refractivity contribution is 6.05. The Labute approximate surface area is 266 Å². The summed E-state index contributed by atoms with van der Waals surface area (Å²) in [6.45, 7) is 9.35. The number of benzene rings is 2. The van der Waals surface area contributed by atoms with E-state index in [0.29, 0.717) is 18.5 Å². The number of nitrogens with one attached hydrogen (secondary N) is 1. The Morgan fingerprint density at radius 2 is 1.73 bits per heavy atom. The minimum Gasteiger partial charge on any atom is -0.494 e. The molecule has 2 saturated heterocycles. The number of fused-ring (bicyclic) bond motifs is 1. The van der Waals surface area contributed by atoms with Crippen LogP contribution in [0.1, 0.15) is 73.0 Å². The van der Waals surface area contributed by atoms with Crippen LogP contribution in [0.3, 0.4) is 0 Å². The SMILES string of the molecule is C[C@@H](N)c1cccc(OCCCCCCOCCN2CCN(c3ccc4c(c3)CN(C3CCC(=O)NC3=O)C4=O)CC2)c1.Cl. The van der Waals surface area contributed by atoms with Crippen molar-refractivity contribution in [3.63, 3.8) is 0 Å². The Kier molecular flexibility index (Phi) is 12.4. The molecule has 0 radical (unpaired) electrons. The van der Waals surface area contributed by atoms with Gasteiger partial charge < -0.3 is 25.0 Å². The summed E-state index contributed by atoms with van der Waals surface area (Å²) in [6, 6.07) is 13.4. The molecule has 0 spiro atoms. The minimum absolute atomic E-state index is 0. The van der Waals surface area contributed by atoms with E-state index in [1.807, 2.05) is 43.3 Å². The lowest BCUT2D eigenvalue weighted by molar-refractivity contribution is -0.136. The van der Waals surface area contributed by atoms with E-state index < -0.39 is 6.04 Å². The topological polar surface area (TPSA) is 117 Å². The van der Waals surface area contributed by atoms with Gasteiger partial charge in [0.15, 0.2) is 0 Å². The number of imide groups is 1. The maximum Gasteiger partial charge on any atom is 0.255 e. The number of carbonyl (C=O) groups is 3. The molecular weight excluding hydrogens is 582 g/mol. The van der Waals surface area contributed by atoms with Crippen LogP contribution >= 0.6 is 12.4 Å². The van der Waals surface area contributed by atoms with Gasteiger partial charge in [-0.2, -0.15) is 0 Å². The summed E-state index contributed by atoms with van der Waals surface area (Å²) in [5.74, 6) is 0.113. The number of amides is 3. The fourth-order valence-electron chi connectivity index (χ4n) is 6.02. The first-order valence-corrected chi connectivity index (χ1v) is 15.7. The molecule has 11 heteroatoms. The average Bonchev–Trinajstić information content (AvgIpc) is 3.33. The third-order valence-corrected chi connectivity index (χ3v) is 8.63. The Morgan fingerprint density at radius 3 is 2.48 bits per heavy atom. The van der Waals surface area contributed by atoms with Gasteiger partial charge in [0, 0.05) is 69.6 Å². The second-order valence-corrected chi connectivity index (χ2v) is 11.8. The molecule has 240 valence electrons. The Hall–Kier alpha value is -3.18. The Morgan fingerprint density at radius 1 is 0.955 bits per heavy atom. The van der Waals surface area contributed by atoms with Crippen molar-refractivity contribution in [1.29, 1.82) is 0 Å². The second kappa shape index (κ2) is 16.2. The average molecular weight is 628 g/mol. The van der Waals surface area contributed by atoms with Gasteiger partial charge in [-0.25, -0.2) is 0 Å². The van der Waals surface area contributed by atoms with Gasteiger partial charge in [0.1, 0.15) is 11.8 Å². The molecule has 3 heterocycles. The molecule has 0 saturated carbocycles. The molecule has 0 bridgehead atoms. The first-order chi connectivity index (χ1) is 20.9. The van der Waals surface area contributed by atoms with Crippen molar-refractivity contribution in [2.75, 3.05) is 57.4 Å². The summed E-state index contributed by atoms with van der Waals surface area (Å²) in [5.41, 5.74) is 9.75. The number of hydrogen-bond acceptors (Lipinski definition) is 8. The molecule has 1 unspecified atom stereocenters. The van der Waals surface area contributed by atoms with Crippen LogP contribution in [0.4, 0.5) is 5.69 Å². The molecule has 10 nitrogen and oxygen atoms in total. The van der Waals surface area contributed by atoms with Crippen LogP contribution in [0, 0.1) is 0 Å². The van der Waals surface area contributed by atoms with Crippen LogP contribution in [0.2, 0.25) is 0 Å².